The minimum absolute atomic E-state index is 0.107. The van der Waals surface area contributed by atoms with Gasteiger partial charge in [-0.25, -0.2) is 0 Å². The van der Waals surface area contributed by atoms with Gasteiger partial charge in [-0.2, -0.15) is 13.2 Å². The summed E-state index contributed by atoms with van der Waals surface area (Å²) in [7, 11) is 0. The normalized spacial score (nSPS) is 16.2. The Balaban J connectivity index is 2.09. The van der Waals surface area contributed by atoms with Gasteiger partial charge < -0.3 is 10.2 Å². The predicted molar refractivity (Wildman–Crippen MR) is 88.0 cm³/mol. The van der Waals surface area contributed by atoms with Crippen LogP contribution in [0.1, 0.15) is 49.0 Å². The Kier molecular flexibility index (Phi) is 6.08. The SMILES string of the molecule is CC(C)C[C@H](NC(=O)c1ccc(C(F)(F)F)cc1)C(=O)N1CCCC1. The molecule has 1 aromatic rings. The van der Waals surface area contributed by atoms with Gasteiger partial charge in [0.05, 0.1) is 5.56 Å². The molecule has 138 valence electrons. The lowest BCUT2D eigenvalue weighted by molar-refractivity contribution is -0.137. The third-order valence-corrected chi connectivity index (χ3v) is 4.20. The molecule has 0 aromatic heterocycles. The molecular formula is C18H23F3N2O2. The molecule has 1 N–H and O–H groups in total. The number of hydrogen-bond donors (Lipinski definition) is 1. The van der Waals surface area contributed by atoms with Crippen molar-refractivity contribution in [2.75, 3.05) is 13.1 Å². The minimum atomic E-state index is -4.44. The van der Waals surface area contributed by atoms with Gasteiger partial charge in [0.1, 0.15) is 6.04 Å². The molecule has 1 saturated heterocycles. The van der Waals surface area contributed by atoms with Gasteiger partial charge in [-0.3, -0.25) is 9.59 Å². The van der Waals surface area contributed by atoms with E-state index in [0.29, 0.717) is 19.5 Å². The summed E-state index contributed by atoms with van der Waals surface area (Å²) in [6.45, 7) is 5.27. The average molecular weight is 356 g/mol. The van der Waals surface area contributed by atoms with E-state index in [9.17, 15) is 22.8 Å². The Morgan fingerprint density at radius 3 is 2.16 bits per heavy atom. The van der Waals surface area contributed by atoms with Gasteiger partial charge in [0.25, 0.3) is 5.91 Å². The Morgan fingerprint density at radius 2 is 1.68 bits per heavy atom. The van der Waals surface area contributed by atoms with Gasteiger partial charge in [-0.05, 0) is 49.4 Å². The van der Waals surface area contributed by atoms with E-state index in [1.54, 1.807) is 4.90 Å². The number of benzene rings is 1. The van der Waals surface area contributed by atoms with Crippen LogP contribution in [-0.2, 0) is 11.0 Å². The summed E-state index contributed by atoms with van der Waals surface area (Å²) in [5.74, 6) is -0.456. The zero-order chi connectivity index (χ0) is 18.6. The van der Waals surface area contributed by atoms with Gasteiger partial charge in [-0.1, -0.05) is 13.8 Å². The van der Waals surface area contributed by atoms with Crippen LogP contribution < -0.4 is 5.32 Å². The molecule has 25 heavy (non-hydrogen) atoms. The van der Waals surface area contributed by atoms with Gasteiger partial charge >= 0.3 is 6.18 Å². The van der Waals surface area contributed by atoms with Crippen LogP contribution in [0.15, 0.2) is 24.3 Å². The second kappa shape index (κ2) is 7.89. The molecule has 1 aromatic carbocycles. The van der Waals surface area contributed by atoms with Crippen molar-refractivity contribution in [1.82, 2.24) is 10.2 Å². The maximum absolute atomic E-state index is 12.6. The zero-order valence-corrected chi connectivity index (χ0v) is 14.4. The van der Waals surface area contributed by atoms with E-state index in [4.69, 9.17) is 0 Å². The first-order valence-electron chi connectivity index (χ1n) is 8.45. The maximum Gasteiger partial charge on any atom is 0.416 e. The Bertz CT molecular complexity index is 606. The van der Waals surface area contributed by atoms with E-state index in [2.05, 4.69) is 5.32 Å². The van der Waals surface area contributed by atoms with Crippen LogP contribution in [0.25, 0.3) is 0 Å². The number of amides is 2. The predicted octanol–water partition coefficient (Wildman–Crippen LogP) is 3.47. The van der Waals surface area contributed by atoms with Crippen LogP contribution in [0.5, 0.6) is 0 Å². The molecule has 1 heterocycles. The smallest absolute Gasteiger partial charge is 0.341 e. The van der Waals surface area contributed by atoms with Crippen LogP contribution in [-0.4, -0.2) is 35.8 Å². The summed E-state index contributed by atoms with van der Waals surface area (Å²) >= 11 is 0. The summed E-state index contributed by atoms with van der Waals surface area (Å²) in [6.07, 6.45) is -2.05. The number of carbonyl (C=O) groups is 2. The van der Waals surface area contributed by atoms with Crippen molar-refractivity contribution in [3.05, 3.63) is 35.4 Å². The average Bonchev–Trinajstić information content (AvgIpc) is 3.06. The molecule has 7 heteroatoms. The van der Waals surface area contributed by atoms with Crippen molar-refractivity contribution in [3.63, 3.8) is 0 Å². The second-order valence-corrected chi connectivity index (χ2v) is 6.76. The molecule has 0 aliphatic carbocycles. The third-order valence-electron chi connectivity index (χ3n) is 4.20. The summed E-state index contributed by atoms with van der Waals surface area (Å²) in [6, 6.07) is 3.34. The highest BCUT2D eigenvalue weighted by Crippen LogP contribution is 2.29. The van der Waals surface area contributed by atoms with E-state index in [1.165, 1.54) is 0 Å². The number of nitrogens with zero attached hydrogens (tertiary/aromatic N) is 1. The van der Waals surface area contributed by atoms with Crippen molar-refractivity contribution in [3.8, 4) is 0 Å². The first kappa shape index (κ1) is 19.3. The fourth-order valence-corrected chi connectivity index (χ4v) is 2.90. The molecule has 4 nitrogen and oxygen atoms in total. The molecule has 1 fully saturated rings. The summed E-state index contributed by atoms with van der Waals surface area (Å²) in [5.41, 5.74) is -0.702. The number of likely N-dealkylation sites (tertiary alicyclic amines) is 1. The maximum atomic E-state index is 12.6. The molecule has 2 amide bonds. The standard InChI is InChI=1S/C18H23F3N2O2/c1-12(2)11-15(17(25)23-9-3-4-10-23)22-16(24)13-5-7-14(8-6-13)18(19,20)21/h5-8,12,15H,3-4,9-11H2,1-2H3,(H,22,24)/t15-/m0/s1. The van der Waals surface area contributed by atoms with Crippen LogP contribution in [0.4, 0.5) is 13.2 Å². The summed E-state index contributed by atoms with van der Waals surface area (Å²) < 4.78 is 37.8. The molecule has 0 bridgehead atoms. The van der Waals surface area contributed by atoms with Gasteiger partial charge in [0.2, 0.25) is 5.91 Å². The molecule has 2 rings (SSSR count). The Labute approximate surface area is 145 Å². The van der Waals surface area contributed by atoms with Crippen molar-refractivity contribution in [2.24, 2.45) is 5.92 Å². The van der Waals surface area contributed by atoms with E-state index in [0.717, 1.165) is 37.1 Å². The minimum Gasteiger partial charge on any atom is -0.341 e. The molecule has 0 saturated carbocycles. The highest BCUT2D eigenvalue weighted by Gasteiger charge is 2.31. The zero-order valence-electron chi connectivity index (χ0n) is 14.4. The van der Waals surface area contributed by atoms with Crippen LogP contribution in [0.2, 0.25) is 0 Å². The molecule has 0 spiro atoms. The lowest BCUT2D eigenvalue weighted by atomic mass is 10.0. The second-order valence-electron chi connectivity index (χ2n) is 6.76. The number of hydrogen-bond acceptors (Lipinski definition) is 2. The summed E-state index contributed by atoms with van der Waals surface area (Å²) in [5, 5.41) is 2.69. The Hall–Kier alpha value is -2.05. The first-order chi connectivity index (χ1) is 11.7. The molecule has 1 aliphatic rings. The van der Waals surface area contributed by atoms with E-state index >= 15 is 0 Å². The van der Waals surface area contributed by atoms with Crippen molar-refractivity contribution in [1.29, 1.82) is 0 Å². The highest BCUT2D eigenvalue weighted by atomic mass is 19.4. The lowest BCUT2D eigenvalue weighted by Crippen LogP contribution is -2.48. The van der Waals surface area contributed by atoms with Crippen LogP contribution in [0, 0.1) is 5.92 Å². The van der Waals surface area contributed by atoms with Gasteiger partial charge in [-0.15, -0.1) is 0 Å². The highest BCUT2D eigenvalue weighted by molar-refractivity contribution is 5.97. The fourth-order valence-electron chi connectivity index (χ4n) is 2.90. The number of carbonyl (C=O) groups excluding carboxylic acids is 2. The van der Waals surface area contributed by atoms with E-state index in [-0.39, 0.29) is 17.4 Å². The Morgan fingerprint density at radius 1 is 1.12 bits per heavy atom. The largest absolute Gasteiger partial charge is 0.416 e. The van der Waals surface area contributed by atoms with Crippen molar-refractivity contribution >= 4 is 11.8 Å². The van der Waals surface area contributed by atoms with E-state index < -0.39 is 23.7 Å². The quantitative estimate of drug-likeness (QED) is 0.878. The van der Waals surface area contributed by atoms with Gasteiger partial charge in [0.15, 0.2) is 0 Å². The molecule has 1 atom stereocenters. The third kappa shape index (κ3) is 5.21. The van der Waals surface area contributed by atoms with E-state index in [1.807, 2.05) is 13.8 Å². The molecule has 0 radical (unpaired) electrons. The number of alkyl halides is 3. The van der Waals surface area contributed by atoms with Crippen molar-refractivity contribution in [2.45, 2.75) is 45.3 Å². The molecule has 0 unspecified atom stereocenters. The van der Waals surface area contributed by atoms with Crippen LogP contribution >= 0.6 is 0 Å². The van der Waals surface area contributed by atoms with Crippen molar-refractivity contribution < 1.29 is 22.8 Å². The van der Waals surface area contributed by atoms with Gasteiger partial charge in [0, 0.05) is 18.7 Å². The fraction of sp³-hybridized carbons (Fsp3) is 0.556. The molecule has 1 aliphatic heterocycles. The number of nitrogens with one attached hydrogen (secondary N) is 1. The van der Waals surface area contributed by atoms with Crippen LogP contribution in [0.3, 0.4) is 0 Å². The first-order valence-corrected chi connectivity index (χ1v) is 8.45. The monoisotopic (exact) mass is 356 g/mol. The summed E-state index contributed by atoms with van der Waals surface area (Å²) in [4.78, 5) is 26.7. The molecular weight excluding hydrogens is 333 g/mol. The topological polar surface area (TPSA) is 49.4 Å². The number of rotatable bonds is 5. The number of halogens is 3. The lowest BCUT2D eigenvalue weighted by Gasteiger charge is -2.25.